The molecule has 0 spiro atoms. The van der Waals surface area contributed by atoms with Gasteiger partial charge in [-0.05, 0) is 6.92 Å². The van der Waals surface area contributed by atoms with Crippen molar-refractivity contribution < 1.29 is 0 Å². The monoisotopic (exact) mass is 198 g/mol. The maximum absolute atomic E-state index is 4.83. The molecule has 0 aliphatic heterocycles. The normalized spacial score (nSPS) is 7.33. The molecule has 48 valence electrons. The number of hydrogen-bond donors (Lipinski definition) is 0. The molecule has 1 rings (SSSR count). The fourth-order valence-corrected chi connectivity index (χ4v) is 0.534. The second kappa shape index (κ2) is 6.27. The van der Waals surface area contributed by atoms with E-state index < -0.39 is 0 Å². The van der Waals surface area contributed by atoms with Crippen LogP contribution in [0.1, 0.15) is 5.56 Å². The topological polar surface area (TPSA) is 0 Å². The molecule has 0 saturated carbocycles. The minimum atomic E-state index is 0.535. The van der Waals surface area contributed by atoms with Crippen LogP contribution in [0.15, 0.2) is 30.3 Å². The summed E-state index contributed by atoms with van der Waals surface area (Å²) in [6.07, 6.45) is 0. The van der Waals surface area contributed by atoms with Crippen molar-refractivity contribution in [1.29, 1.82) is 0 Å². The Hall–Kier alpha value is 0.146. The van der Waals surface area contributed by atoms with E-state index in [1.54, 1.807) is 0 Å². The van der Waals surface area contributed by atoms with Crippen LogP contribution in [0, 0.1) is 6.92 Å². The van der Waals surface area contributed by atoms with Crippen molar-refractivity contribution in [3.8, 4) is 0 Å². The molecular formula is C7H10ClGa. The third-order valence-corrected chi connectivity index (χ3v) is 0.940. The van der Waals surface area contributed by atoms with Crippen molar-refractivity contribution in [2.24, 2.45) is 0 Å². The van der Waals surface area contributed by atoms with Gasteiger partial charge in [0, 0.05) is 0 Å². The number of hydrogen-bond acceptors (Lipinski definition) is 0. The van der Waals surface area contributed by atoms with Crippen LogP contribution in [0.3, 0.4) is 0 Å². The van der Waals surface area contributed by atoms with E-state index in [-0.39, 0.29) is 0 Å². The summed E-state index contributed by atoms with van der Waals surface area (Å²) in [4.78, 5) is 0. The molecule has 0 aliphatic rings. The van der Waals surface area contributed by atoms with E-state index in [1.165, 1.54) is 5.56 Å². The molecule has 0 radical (unpaired) electrons. The zero-order chi connectivity index (χ0) is 7.11. The molecule has 1 aromatic carbocycles. The predicted molar refractivity (Wildman–Crippen MR) is 45.6 cm³/mol. The Morgan fingerprint density at radius 1 is 1.11 bits per heavy atom. The summed E-state index contributed by atoms with van der Waals surface area (Å²) >= 11 is 0.535. The van der Waals surface area contributed by atoms with E-state index >= 15 is 0 Å². The Bertz CT molecular complexity index is 139. The first-order valence-corrected chi connectivity index (χ1v) is 8.30. The summed E-state index contributed by atoms with van der Waals surface area (Å²) in [6, 6.07) is 10.3. The van der Waals surface area contributed by atoms with Gasteiger partial charge in [0.2, 0.25) is 0 Å². The van der Waals surface area contributed by atoms with Crippen molar-refractivity contribution in [3.63, 3.8) is 0 Å². The molecule has 0 unspecified atom stereocenters. The summed E-state index contributed by atoms with van der Waals surface area (Å²) in [5, 5.41) is 0. The Balaban J connectivity index is 0.000000291. The van der Waals surface area contributed by atoms with E-state index in [1.807, 2.05) is 18.2 Å². The van der Waals surface area contributed by atoms with Gasteiger partial charge < -0.3 is 0 Å². The van der Waals surface area contributed by atoms with Gasteiger partial charge in [-0.25, -0.2) is 0 Å². The third-order valence-electron chi connectivity index (χ3n) is 0.940. The number of halogens is 1. The molecule has 0 heterocycles. The average molecular weight is 199 g/mol. The van der Waals surface area contributed by atoms with Gasteiger partial charge in [0.25, 0.3) is 0 Å². The molecule has 0 atom stereocenters. The summed E-state index contributed by atoms with van der Waals surface area (Å²) in [6.45, 7) is 2.08. The van der Waals surface area contributed by atoms with E-state index in [9.17, 15) is 0 Å². The van der Waals surface area contributed by atoms with Crippen molar-refractivity contribution in [2.75, 3.05) is 0 Å². The molecule has 0 aliphatic carbocycles. The summed E-state index contributed by atoms with van der Waals surface area (Å²) in [7, 11) is 4.83. The first-order chi connectivity index (χ1) is 4.39. The van der Waals surface area contributed by atoms with Crippen molar-refractivity contribution in [3.05, 3.63) is 35.9 Å². The maximum atomic E-state index is 4.83. The van der Waals surface area contributed by atoms with Gasteiger partial charge in [-0.15, -0.1) is 0 Å². The average Bonchev–Trinajstić information content (AvgIpc) is 1.94. The molecule has 0 nitrogen and oxygen atoms in total. The van der Waals surface area contributed by atoms with Gasteiger partial charge in [-0.2, -0.15) is 0 Å². The Kier molecular flexibility index (Phi) is 6.37. The van der Waals surface area contributed by atoms with Gasteiger partial charge in [0.05, 0.1) is 0 Å². The molecule has 9 heavy (non-hydrogen) atoms. The van der Waals surface area contributed by atoms with Gasteiger partial charge in [-0.1, -0.05) is 35.9 Å². The molecule has 0 N–H and O–H groups in total. The van der Waals surface area contributed by atoms with Gasteiger partial charge in [-0.3, -0.25) is 0 Å². The molecule has 0 aromatic heterocycles. The van der Waals surface area contributed by atoms with E-state index in [2.05, 4.69) is 19.1 Å². The zero-order valence-corrected chi connectivity index (χ0v) is 10.7. The van der Waals surface area contributed by atoms with Crippen LogP contribution in [-0.2, 0) is 0 Å². The van der Waals surface area contributed by atoms with Crippen LogP contribution < -0.4 is 0 Å². The Labute approximate surface area is 70.2 Å². The Morgan fingerprint density at radius 2 is 1.56 bits per heavy atom. The number of rotatable bonds is 0. The molecule has 0 saturated heterocycles. The number of aryl methyl sites for hydroxylation is 1. The van der Waals surface area contributed by atoms with Crippen LogP contribution in [0.2, 0.25) is 0 Å². The quantitative estimate of drug-likeness (QED) is 0.559. The van der Waals surface area contributed by atoms with E-state index in [0.29, 0.717) is 17.6 Å². The van der Waals surface area contributed by atoms with Crippen molar-refractivity contribution in [1.82, 2.24) is 0 Å². The van der Waals surface area contributed by atoms with Gasteiger partial charge in [0.15, 0.2) is 0 Å². The second-order valence-electron chi connectivity index (χ2n) is 1.65. The summed E-state index contributed by atoms with van der Waals surface area (Å²) in [5.74, 6) is 0. The SMILES string of the molecule is Cc1ccccc1.[Cl][GaH2]. The van der Waals surface area contributed by atoms with Crippen LogP contribution in [0.4, 0.5) is 0 Å². The number of benzene rings is 1. The minimum absolute atomic E-state index is 0.535. The molecule has 2 heteroatoms. The van der Waals surface area contributed by atoms with E-state index in [4.69, 9.17) is 9.64 Å². The predicted octanol–water partition coefficient (Wildman–Crippen LogP) is 1.77. The van der Waals surface area contributed by atoms with Crippen LogP contribution in [-0.4, -0.2) is 17.6 Å². The molecular weight excluding hydrogens is 189 g/mol. The third kappa shape index (κ3) is 4.64. The molecule has 0 amide bonds. The second-order valence-corrected chi connectivity index (χ2v) is 1.65. The molecule has 0 bridgehead atoms. The fourth-order valence-electron chi connectivity index (χ4n) is 0.534. The summed E-state index contributed by atoms with van der Waals surface area (Å²) in [5.41, 5.74) is 1.32. The van der Waals surface area contributed by atoms with Gasteiger partial charge in [0.1, 0.15) is 0 Å². The standard InChI is InChI=1S/C7H8.ClH.Ga.2H/c1-7-5-3-2-4-6-7;;;;/h2-6H,1H3;1H;;;/q;;+1;;/p-1. The van der Waals surface area contributed by atoms with Crippen LogP contribution >= 0.6 is 9.64 Å². The van der Waals surface area contributed by atoms with Crippen LogP contribution in [0.5, 0.6) is 0 Å². The van der Waals surface area contributed by atoms with Gasteiger partial charge >= 0.3 is 27.2 Å². The molecule has 1 aromatic rings. The van der Waals surface area contributed by atoms with Crippen LogP contribution in [0.25, 0.3) is 0 Å². The Morgan fingerprint density at radius 3 is 1.78 bits per heavy atom. The first kappa shape index (κ1) is 9.15. The molecule has 0 fully saturated rings. The fraction of sp³-hybridized carbons (Fsp3) is 0.143. The summed E-state index contributed by atoms with van der Waals surface area (Å²) < 4.78 is 0. The first-order valence-electron chi connectivity index (χ1n) is 2.79. The zero-order valence-electron chi connectivity index (χ0n) is 5.76. The van der Waals surface area contributed by atoms with Crippen molar-refractivity contribution in [2.45, 2.75) is 6.92 Å². The van der Waals surface area contributed by atoms with Crippen molar-refractivity contribution >= 4 is 27.2 Å². The van der Waals surface area contributed by atoms with E-state index in [0.717, 1.165) is 0 Å².